The molecule has 0 spiro atoms. The highest BCUT2D eigenvalue weighted by Crippen LogP contribution is 2.33. The zero-order valence-electron chi connectivity index (χ0n) is 11.4. The molecule has 0 unspecified atom stereocenters. The number of aromatic nitrogens is 2. The standard InChI is InChI=1S/C16H14N4/c1-11-6-4-5-7-13(11)19-16-14(17-3)10-18-20-12(2)8-9-15(16)20/h4-10,19H,1-2H3. The number of aryl methyl sites for hydroxylation is 2. The van der Waals surface area contributed by atoms with Crippen LogP contribution in [-0.2, 0) is 0 Å². The minimum Gasteiger partial charge on any atom is -0.363 e. The van der Waals surface area contributed by atoms with Gasteiger partial charge >= 0.3 is 0 Å². The second-order valence-corrected chi connectivity index (χ2v) is 4.73. The Morgan fingerprint density at radius 1 is 1.15 bits per heavy atom. The van der Waals surface area contributed by atoms with Gasteiger partial charge in [-0.3, -0.25) is 0 Å². The summed E-state index contributed by atoms with van der Waals surface area (Å²) in [5.74, 6) is 0. The lowest BCUT2D eigenvalue weighted by Gasteiger charge is -2.12. The second kappa shape index (κ2) is 4.71. The van der Waals surface area contributed by atoms with Crippen LogP contribution in [0.3, 0.4) is 0 Å². The summed E-state index contributed by atoms with van der Waals surface area (Å²) in [6.45, 7) is 11.4. The van der Waals surface area contributed by atoms with E-state index in [0.29, 0.717) is 5.69 Å². The summed E-state index contributed by atoms with van der Waals surface area (Å²) in [5, 5.41) is 7.67. The Morgan fingerprint density at radius 2 is 1.95 bits per heavy atom. The first kappa shape index (κ1) is 12.2. The number of nitrogens with one attached hydrogen (secondary N) is 1. The summed E-state index contributed by atoms with van der Waals surface area (Å²) in [4.78, 5) is 3.57. The summed E-state index contributed by atoms with van der Waals surface area (Å²) < 4.78 is 1.84. The number of para-hydroxylation sites is 1. The van der Waals surface area contributed by atoms with E-state index in [1.807, 2.05) is 54.8 Å². The molecular weight excluding hydrogens is 248 g/mol. The zero-order valence-corrected chi connectivity index (χ0v) is 11.4. The Balaban J connectivity index is 2.20. The fourth-order valence-corrected chi connectivity index (χ4v) is 2.24. The minimum atomic E-state index is 0.527. The molecule has 98 valence electrons. The van der Waals surface area contributed by atoms with E-state index in [9.17, 15) is 0 Å². The molecule has 0 aliphatic carbocycles. The van der Waals surface area contributed by atoms with Crippen LogP contribution in [0.5, 0.6) is 0 Å². The molecule has 0 radical (unpaired) electrons. The molecule has 0 bridgehead atoms. The number of hydrogen-bond acceptors (Lipinski definition) is 2. The van der Waals surface area contributed by atoms with Crippen molar-refractivity contribution in [2.24, 2.45) is 0 Å². The second-order valence-electron chi connectivity index (χ2n) is 4.73. The zero-order chi connectivity index (χ0) is 14.1. The van der Waals surface area contributed by atoms with Gasteiger partial charge in [-0.25, -0.2) is 9.36 Å². The molecule has 0 aliphatic heterocycles. The number of anilines is 2. The number of benzene rings is 1. The molecule has 0 aliphatic rings. The van der Waals surface area contributed by atoms with Gasteiger partial charge in [0, 0.05) is 11.4 Å². The van der Waals surface area contributed by atoms with Gasteiger partial charge in [0.2, 0.25) is 5.69 Å². The molecule has 2 aromatic heterocycles. The maximum absolute atomic E-state index is 7.32. The van der Waals surface area contributed by atoms with Gasteiger partial charge in [0.15, 0.2) is 0 Å². The van der Waals surface area contributed by atoms with Crippen molar-refractivity contribution in [3.05, 3.63) is 65.3 Å². The van der Waals surface area contributed by atoms with Crippen LogP contribution in [0.2, 0.25) is 0 Å². The van der Waals surface area contributed by atoms with Crippen molar-refractivity contribution in [3.8, 4) is 0 Å². The lowest BCUT2D eigenvalue weighted by atomic mass is 10.2. The summed E-state index contributed by atoms with van der Waals surface area (Å²) in [6.07, 6.45) is 1.60. The molecule has 0 fully saturated rings. The normalized spacial score (nSPS) is 10.4. The molecule has 0 amide bonds. The van der Waals surface area contributed by atoms with Gasteiger partial charge in [0.05, 0.1) is 24.0 Å². The Labute approximate surface area is 117 Å². The number of hydrogen-bond donors (Lipinski definition) is 1. The van der Waals surface area contributed by atoms with Crippen LogP contribution < -0.4 is 5.32 Å². The lowest BCUT2D eigenvalue weighted by molar-refractivity contribution is 0.906. The van der Waals surface area contributed by atoms with Crippen molar-refractivity contribution in [3.63, 3.8) is 0 Å². The average molecular weight is 262 g/mol. The molecule has 0 saturated carbocycles. The van der Waals surface area contributed by atoms with E-state index in [4.69, 9.17) is 6.57 Å². The quantitative estimate of drug-likeness (QED) is 0.701. The fraction of sp³-hybridized carbons (Fsp3) is 0.125. The van der Waals surface area contributed by atoms with Gasteiger partial charge in [-0.2, -0.15) is 5.10 Å². The van der Waals surface area contributed by atoms with E-state index in [-0.39, 0.29) is 0 Å². The fourth-order valence-electron chi connectivity index (χ4n) is 2.24. The van der Waals surface area contributed by atoms with Crippen molar-refractivity contribution in [1.82, 2.24) is 9.61 Å². The Hall–Kier alpha value is -2.80. The average Bonchev–Trinajstić information content (AvgIpc) is 2.84. The molecule has 0 atom stereocenters. The summed E-state index contributed by atoms with van der Waals surface area (Å²) in [7, 11) is 0. The lowest BCUT2D eigenvalue weighted by Crippen LogP contribution is -1.99. The smallest absolute Gasteiger partial charge is 0.231 e. The minimum absolute atomic E-state index is 0.527. The predicted molar refractivity (Wildman–Crippen MR) is 80.7 cm³/mol. The number of fused-ring (bicyclic) bond motifs is 1. The Kier molecular flexibility index (Phi) is 2.88. The van der Waals surface area contributed by atoms with Crippen LogP contribution in [0, 0.1) is 20.4 Å². The third-order valence-electron chi connectivity index (χ3n) is 3.38. The SMILES string of the molecule is [C-]#[N+]c1cnn2c(C)ccc2c1Nc1ccccc1C. The first-order chi connectivity index (χ1) is 9.70. The van der Waals surface area contributed by atoms with Gasteiger partial charge < -0.3 is 5.32 Å². The van der Waals surface area contributed by atoms with Crippen molar-refractivity contribution in [2.45, 2.75) is 13.8 Å². The largest absolute Gasteiger partial charge is 0.363 e. The van der Waals surface area contributed by atoms with E-state index in [1.54, 1.807) is 6.20 Å². The predicted octanol–water partition coefficient (Wildman–Crippen LogP) is 4.25. The third kappa shape index (κ3) is 1.90. The van der Waals surface area contributed by atoms with E-state index in [1.165, 1.54) is 0 Å². The number of rotatable bonds is 2. The molecule has 0 saturated heterocycles. The van der Waals surface area contributed by atoms with Gasteiger partial charge in [0.1, 0.15) is 0 Å². The van der Waals surface area contributed by atoms with E-state index in [0.717, 1.165) is 28.1 Å². The highest BCUT2D eigenvalue weighted by atomic mass is 15.2. The highest BCUT2D eigenvalue weighted by molar-refractivity contribution is 5.88. The van der Waals surface area contributed by atoms with Gasteiger partial charge in [0.25, 0.3) is 0 Å². The molecule has 20 heavy (non-hydrogen) atoms. The van der Waals surface area contributed by atoms with Crippen molar-refractivity contribution in [1.29, 1.82) is 0 Å². The van der Waals surface area contributed by atoms with Gasteiger partial charge in [-0.1, -0.05) is 18.2 Å². The molecule has 1 aromatic carbocycles. The van der Waals surface area contributed by atoms with Crippen molar-refractivity contribution >= 4 is 22.6 Å². The molecule has 4 nitrogen and oxygen atoms in total. The van der Waals surface area contributed by atoms with Crippen LogP contribution >= 0.6 is 0 Å². The molecule has 3 aromatic rings. The monoisotopic (exact) mass is 262 g/mol. The molecular formula is C16H14N4. The van der Waals surface area contributed by atoms with Crippen LogP contribution in [0.1, 0.15) is 11.3 Å². The molecule has 3 rings (SSSR count). The summed E-state index contributed by atoms with van der Waals surface area (Å²) in [6, 6.07) is 12.0. The Bertz CT molecular complexity index is 824. The number of nitrogens with zero attached hydrogens (tertiary/aromatic N) is 3. The van der Waals surface area contributed by atoms with Crippen LogP contribution in [0.15, 0.2) is 42.6 Å². The maximum atomic E-state index is 7.32. The van der Waals surface area contributed by atoms with Crippen molar-refractivity contribution in [2.75, 3.05) is 5.32 Å². The Morgan fingerprint density at radius 3 is 2.70 bits per heavy atom. The maximum Gasteiger partial charge on any atom is 0.231 e. The molecule has 4 heteroatoms. The van der Waals surface area contributed by atoms with Gasteiger partial charge in [-0.15, -0.1) is 0 Å². The van der Waals surface area contributed by atoms with E-state index in [2.05, 4.69) is 15.3 Å². The van der Waals surface area contributed by atoms with Crippen LogP contribution in [0.4, 0.5) is 17.1 Å². The topological polar surface area (TPSA) is 33.7 Å². The highest BCUT2D eigenvalue weighted by Gasteiger charge is 2.11. The van der Waals surface area contributed by atoms with Gasteiger partial charge in [-0.05, 0) is 37.6 Å². The van der Waals surface area contributed by atoms with Crippen LogP contribution in [-0.4, -0.2) is 9.61 Å². The first-order valence-corrected chi connectivity index (χ1v) is 6.38. The first-order valence-electron chi connectivity index (χ1n) is 6.38. The molecule has 2 heterocycles. The van der Waals surface area contributed by atoms with Crippen molar-refractivity contribution < 1.29 is 0 Å². The third-order valence-corrected chi connectivity index (χ3v) is 3.38. The summed E-state index contributed by atoms with van der Waals surface area (Å²) in [5.41, 5.74) is 5.44. The van der Waals surface area contributed by atoms with E-state index >= 15 is 0 Å². The van der Waals surface area contributed by atoms with E-state index < -0.39 is 0 Å². The van der Waals surface area contributed by atoms with Crippen LogP contribution in [0.25, 0.3) is 10.4 Å². The molecule has 1 N–H and O–H groups in total. The summed E-state index contributed by atoms with van der Waals surface area (Å²) >= 11 is 0.